The fraction of sp³-hybridized carbons (Fsp3) is 0.667. The molecule has 0 spiro atoms. The fourth-order valence-electron chi connectivity index (χ4n) is 1.73. The molecule has 0 unspecified atom stereocenters. The van der Waals surface area contributed by atoms with Crippen LogP contribution in [0.2, 0.25) is 18.1 Å². The van der Waals surface area contributed by atoms with Gasteiger partial charge < -0.3 is 9.16 Å². The Morgan fingerprint density at radius 1 is 1.00 bits per heavy atom. The molecule has 1 rings (SSSR count). The molecule has 0 radical (unpaired) electrons. The van der Waals surface area contributed by atoms with Gasteiger partial charge in [-0.2, -0.15) is 0 Å². The molecule has 0 atom stereocenters. The number of unbranched alkanes of at least 4 members (excludes halogenated alkanes) is 1. The highest BCUT2D eigenvalue weighted by atomic mass is 28.4. The molecule has 0 amide bonds. The number of ether oxygens (including phenoxy) is 1. The van der Waals surface area contributed by atoms with Gasteiger partial charge in [-0.3, -0.25) is 0 Å². The molecule has 0 saturated carbocycles. The van der Waals surface area contributed by atoms with Crippen LogP contribution in [0.5, 0.6) is 5.75 Å². The molecule has 21 heavy (non-hydrogen) atoms. The summed E-state index contributed by atoms with van der Waals surface area (Å²) >= 11 is 0. The van der Waals surface area contributed by atoms with Crippen molar-refractivity contribution >= 4 is 8.32 Å². The van der Waals surface area contributed by atoms with Crippen molar-refractivity contribution < 1.29 is 9.16 Å². The van der Waals surface area contributed by atoms with Gasteiger partial charge in [-0.05, 0) is 48.7 Å². The van der Waals surface area contributed by atoms with E-state index in [1.807, 2.05) is 0 Å². The number of hydrogen-bond acceptors (Lipinski definition) is 2. The molecule has 0 aliphatic rings. The summed E-state index contributed by atoms with van der Waals surface area (Å²) in [6, 6.07) is 8.43. The minimum absolute atomic E-state index is 0.282. The molecule has 0 bridgehead atoms. The Morgan fingerprint density at radius 3 is 2.14 bits per heavy atom. The van der Waals surface area contributed by atoms with E-state index >= 15 is 0 Å². The highest BCUT2D eigenvalue weighted by Crippen LogP contribution is 2.36. The van der Waals surface area contributed by atoms with Crippen molar-refractivity contribution in [3.05, 3.63) is 29.8 Å². The van der Waals surface area contributed by atoms with Gasteiger partial charge in [-0.1, -0.05) is 46.2 Å². The highest BCUT2D eigenvalue weighted by molar-refractivity contribution is 6.74. The third-order valence-corrected chi connectivity index (χ3v) is 8.89. The maximum absolute atomic E-state index is 6.22. The lowest BCUT2D eigenvalue weighted by Gasteiger charge is -2.36. The first kappa shape index (κ1) is 18.2. The first-order valence-electron chi connectivity index (χ1n) is 8.12. The van der Waals surface area contributed by atoms with Crippen molar-refractivity contribution in [2.45, 2.75) is 65.1 Å². The Labute approximate surface area is 132 Å². The summed E-state index contributed by atoms with van der Waals surface area (Å²) < 4.78 is 11.9. The van der Waals surface area contributed by atoms with Gasteiger partial charge in [-0.25, -0.2) is 0 Å². The second-order valence-corrected chi connectivity index (χ2v) is 12.0. The molecule has 0 N–H and O–H groups in total. The van der Waals surface area contributed by atoms with Crippen molar-refractivity contribution in [3.8, 4) is 5.75 Å². The van der Waals surface area contributed by atoms with Crippen LogP contribution in [0.25, 0.3) is 0 Å². The zero-order valence-corrected chi connectivity index (χ0v) is 15.7. The largest absolute Gasteiger partial charge is 0.494 e. The van der Waals surface area contributed by atoms with Gasteiger partial charge in [0.2, 0.25) is 0 Å². The first-order chi connectivity index (χ1) is 9.76. The van der Waals surface area contributed by atoms with E-state index in [1.165, 1.54) is 12.0 Å². The van der Waals surface area contributed by atoms with Crippen LogP contribution in [-0.2, 0) is 10.8 Å². The van der Waals surface area contributed by atoms with E-state index in [9.17, 15) is 0 Å². The van der Waals surface area contributed by atoms with Crippen LogP contribution in [0.15, 0.2) is 24.3 Å². The van der Waals surface area contributed by atoms with E-state index in [1.54, 1.807) is 0 Å². The zero-order chi connectivity index (χ0) is 15.9. The molecule has 120 valence electrons. The average Bonchev–Trinajstić information content (AvgIpc) is 2.39. The van der Waals surface area contributed by atoms with E-state index in [2.05, 4.69) is 65.1 Å². The van der Waals surface area contributed by atoms with Crippen molar-refractivity contribution in [1.82, 2.24) is 0 Å². The molecule has 0 heterocycles. The summed E-state index contributed by atoms with van der Waals surface area (Å²) in [6.45, 7) is 15.2. The highest BCUT2D eigenvalue weighted by Gasteiger charge is 2.36. The summed E-state index contributed by atoms with van der Waals surface area (Å²) in [5.41, 5.74) is 1.32. The molecule has 0 aliphatic carbocycles. The monoisotopic (exact) mass is 308 g/mol. The van der Waals surface area contributed by atoms with Crippen LogP contribution < -0.4 is 4.74 Å². The number of hydrogen-bond donors (Lipinski definition) is 0. The second-order valence-electron chi connectivity index (χ2n) is 7.20. The fourth-order valence-corrected chi connectivity index (χ4v) is 2.77. The Balaban J connectivity index is 2.39. The van der Waals surface area contributed by atoms with Crippen molar-refractivity contribution in [2.24, 2.45) is 0 Å². The van der Waals surface area contributed by atoms with Crippen LogP contribution in [0.1, 0.15) is 46.1 Å². The smallest absolute Gasteiger partial charge is 0.191 e. The van der Waals surface area contributed by atoms with Crippen LogP contribution in [0.4, 0.5) is 0 Å². The van der Waals surface area contributed by atoms with Crippen LogP contribution >= 0.6 is 0 Å². The van der Waals surface area contributed by atoms with E-state index < -0.39 is 8.32 Å². The summed E-state index contributed by atoms with van der Waals surface area (Å²) in [5.74, 6) is 0.970. The third-order valence-electron chi connectivity index (χ3n) is 4.35. The molecule has 2 nitrogen and oxygen atoms in total. The zero-order valence-electron chi connectivity index (χ0n) is 14.7. The molecular weight excluding hydrogens is 276 g/mol. The van der Waals surface area contributed by atoms with Crippen molar-refractivity contribution in [1.29, 1.82) is 0 Å². The first-order valence-corrected chi connectivity index (χ1v) is 11.0. The summed E-state index contributed by atoms with van der Waals surface area (Å²) in [7, 11) is -1.62. The Kier molecular flexibility index (Phi) is 6.95. The maximum Gasteiger partial charge on any atom is 0.191 e. The van der Waals surface area contributed by atoms with Gasteiger partial charge in [0.25, 0.3) is 0 Å². The maximum atomic E-state index is 6.22. The molecule has 0 aliphatic heterocycles. The predicted octanol–water partition coefficient (Wildman–Crippen LogP) is 5.43. The van der Waals surface area contributed by atoms with Crippen LogP contribution in [0.3, 0.4) is 0 Å². The van der Waals surface area contributed by atoms with E-state index in [0.717, 1.165) is 31.8 Å². The van der Waals surface area contributed by atoms with Gasteiger partial charge in [0.05, 0.1) is 6.61 Å². The minimum Gasteiger partial charge on any atom is -0.494 e. The van der Waals surface area contributed by atoms with Gasteiger partial charge in [-0.15, -0.1) is 0 Å². The lowest BCUT2D eigenvalue weighted by Crippen LogP contribution is -2.41. The van der Waals surface area contributed by atoms with E-state index in [-0.39, 0.29) is 5.04 Å². The second kappa shape index (κ2) is 8.00. The van der Waals surface area contributed by atoms with Crippen LogP contribution in [0, 0.1) is 0 Å². The quantitative estimate of drug-likeness (QED) is 0.471. The van der Waals surface area contributed by atoms with Gasteiger partial charge in [0.15, 0.2) is 8.32 Å². The number of benzene rings is 1. The lowest BCUT2D eigenvalue weighted by atomic mass is 10.1. The van der Waals surface area contributed by atoms with Crippen LogP contribution in [-0.4, -0.2) is 21.5 Å². The predicted molar refractivity (Wildman–Crippen MR) is 93.7 cm³/mol. The van der Waals surface area contributed by atoms with Crippen molar-refractivity contribution in [3.63, 3.8) is 0 Å². The topological polar surface area (TPSA) is 18.5 Å². The van der Waals surface area contributed by atoms with Gasteiger partial charge >= 0.3 is 0 Å². The Bertz CT molecular complexity index is 404. The SMILES string of the molecule is CCCCOc1ccc(CCO[Si](C)(C)C(C)(C)C)cc1. The van der Waals surface area contributed by atoms with Gasteiger partial charge in [0, 0.05) is 6.61 Å². The molecule has 0 fully saturated rings. The standard InChI is InChI=1S/C18H32O2Si/c1-7-8-14-19-17-11-9-16(10-12-17)13-15-20-21(5,6)18(2,3)4/h9-12H,7-8,13-15H2,1-6H3. The van der Waals surface area contributed by atoms with E-state index in [4.69, 9.17) is 9.16 Å². The Hall–Kier alpha value is -0.803. The average molecular weight is 309 g/mol. The molecule has 0 aromatic heterocycles. The molecule has 3 heteroatoms. The Morgan fingerprint density at radius 2 is 1.62 bits per heavy atom. The molecule has 1 aromatic carbocycles. The normalized spacial score (nSPS) is 12.5. The molecule has 1 aromatic rings. The molecule has 0 saturated heterocycles. The summed E-state index contributed by atoms with van der Waals surface area (Å²) in [4.78, 5) is 0. The lowest BCUT2D eigenvalue weighted by molar-refractivity contribution is 0.291. The molecular formula is C18H32O2Si. The van der Waals surface area contributed by atoms with E-state index in [0.29, 0.717) is 0 Å². The minimum atomic E-state index is -1.62. The summed E-state index contributed by atoms with van der Waals surface area (Å²) in [6.07, 6.45) is 3.26. The number of rotatable bonds is 8. The third kappa shape index (κ3) is 6.23. The van der Waals surface area contributed by atoms with Crippen molar-refractivity contribution in [2.75, 3.05) is 13.2 Å². The van der Waals surface area contributed by atoms with Gasteiger partial charge in [0.1, 0.15) is 5.75 Å². The summed E-state index contributed by atoms with van der Waals surface area (Å²) in [5, 5.41) is 0.282.